The van der Waals surface area contributed by atoms with Crippen LogP contribution in [0.25, 0.3) is 22.8 Å². The average Bonchev–Trinajstić information content (AvgIpc) is 2.71. The van der Waals surface area contributed by atoms with E-state index in [9.17, 15) is 5.11 Å². The van der Waals surface area contributed by atoms with Crippen LogP contribution in [0.5, 0.6) is 11.5 Å². The number of aromatic hydroxyl groups is 1. The van der Waals surface area contributed by atoms with Crippen molar-refractivity contribution in [2.45, 2.75) is 53.4 Å². The van der Waals surface area contributed by atoms with E-state index in [2.05, 4.69) is 34.9 Å². The first-order valence-electron chi connectivity index (χ1n) is 10.2. The maximum atomic E-state index is 10.7. The molecule has 3 rings (SSSR count). The molecule has 29 heavy (non-hydrogen) atoms. The zero-order chi connectivity index (χ0) is 20.8. The Morgan fingerprint density at radius 2 is 1.62 bits per heavy atom. The third-order valence-corrected chi connectivity index (χ3v) is 5.07. The normalized spacial score (nSPS) is 10.9. The molecule has 0 aliphatic rings. The standard InChI is InChI=1S/C24H29N3O2/c1-5-6-7-8-13-29-21-12-11-20(22(28)18(21)4)24-26-15-25-23(27-24)19-10-9-16(2)14-17(19)3/h9-12,14-15,28H,5-8,13H2,1-4H3. The fourth-order valence-corrected chi connectivity index (χ4v) is 3.35. The molecule has 0 unspecified atom stereocenters. The number of phenolic OH excluding ortho intramolecular Hbond substituents is 1. The zero-order valence-corrected chi connectivity index (χ0v) is 17.7. The van der Waals surface area contributed by atoms with Crippen molar-refractivity contribution in [3.05, 3.63) is 53.3 Å². The van der Waals surface area contributed by atoms with Gasteiger partial charge in [-0.15, -0.1) is 0 Å². The highest BCUT2D eigenvalue weighted by Crippen LogP contribution is 2.36. The second kappa shape index (κ2) is 9.50. The molecule has 0 amide bonds. The predicted molar refractivity (Wildman–Crippen MR) is 116 cm³/mol. The van der Waals surface area contributed by atoms with Gasteiger partial charge in [0, 0.05) is 11.1 Å². The molecule has 0 saturated carbocycles. The molecular formula is C24H29N3O2. The molecule has 152 valence electrons. The number of ether oxygens (including phenoxy) is 1. The van der Waals surface area contributed by atoms with Crippen LogP contribution in [0.1, 0.15) is 49.3 Å². The number of hydrogen-bond donors (Lipinski definition) is 1. The SMILES string of the molecule is CCCCCCOc1ccc(-c2ncnc(-c3ccc(C)cc3C)n2)c(O)c1C. The van der Waals surface area contributed by atoms with Crippen molar-refractivity contribution < 1.29 is 9.84 Å². The first kappa shape index (κ1) is 20.8. The van der Waals surface area contributed by atoms with E-state index in [1.165, 1.54) is 24.7 Å². The van der Waals surface area contributed by atoms with E-state index in [0.717, 1.165) is 24.0 Å². The van der Waals surface area contributed by atoms with E-state index < -0.39 is 0 Å². The Hall–Kier alpha value is -2.95. The van der Waals surface area contributed by atoms with Gasteiger partial charge < -0.3 is 9.84 Å². The number of benzene rings is 2. The summed E-state index contributed by atoms with van der Waals surface area (Å²) in [6, 6.07) is 9.85. The number of unbranched alkanes of at least 4 members (excludes halogenated alkanes) is 3. The molecule has 2 aromatic carbocycles. The summed E-state index contributed by atoms with van der Waals surface area (Å²) in [5.74, 6) is 1.89. The minimum Gasteiger partial charge on any atom is -0.507 e. The van der Waals surface area contributed by atoms with Crippen LogP contribution in [0, 0.1) is 20.8 Å². The molecule has 5 nitrogen and oxygen atoms in total. The third kappa shape index (κ3) is 4.91. The third-order valence-electron chi connectivity index (χ3n) is 5.07. The van der Waals surface area contributed by atoms with Gasteiger partial charge in [0.2, 0.25) is 0 Å². The largest absolute Gasteiger partial charge is 0.507 e. The average molecular weight is 392 g/mol. The second-order valence-corrected chi connectivity index (χ2v) is 7.45. The molecule has 0 saturated heterocycles. The number of rotatable bonds is 8. The van der Waals surface area contributed by atoms with Crippen molar-refractivity contribution in [1.29, 1.82) is 0 Å². The van der Waals surface area contributed by atoms with Gasteiger partial charge in [0.05, 0.1) is 12.2 Å². The van der Waals surface area contributed by atoms with E-state index >= 15 is 0 Å². The molecule has 0 spiro atoms. The van der Waals surface area contributed by atoms with Crippen molar-refractivity contribution in [3.63, 3.8) is 0 Å². The maximum absolute atomic E-state index is 10.7. The predicted octanol–water partition coefficient (Wildman–Crippen LogP) is 5.80. The topological polar surface area (TPSA) is 68.1 Å². The number of hydrogen-bond acceptors (Lipinski definition) is 5. The molecule has 1 aromatic heterocycles. The molecular weight excluding hydrogens is 362 g/mol. The van der Waals surface area contributed by atoms with Gasteiger partial charge in [-0.2, -0.15) is 0 Å². The summed E-state index contributed by atoms with van der Waals surface area (Å²) in [6.45, 7) is 8.80. The molecule has 1 heterocycles. The Morgan fingerprint density at radius 3 is 2.34 bits per heavy atom. The lowest BCUT2D eigenvalue weighted by atomic mass is 10.0. The summed E-state index contributed by atoms with van der Waals surface area (Å²) in [4.78, 5) is 13.2. The molecule has 5 heteroatoms. The van der Waals surface area contributed by atoms with Gasteiger partial charge in [-0.05, 0) is 44.9 Å². The van der Waals surface area contributed by atoms with Crippen LogP contribution >= 0.6 is 0 Å². The smallest absolute Gasteiger partial charge is 0.167 e. The Kier molecular flexibility index (Phi) is 6.81. The number of phenols is 1. The van der Waals surface area contributed by atoms with Gasteiger partial charge >= 0.3 is 0 Å². The second-order valence-electron chi connectivity index (χ2n) is 7.45. The van der Waals surface area contributed by atoms with E-state index in [0.29, 0.717) is 35.1 Å². The molecule has 0 aliphatic carbocycles. The summed E-state index contributed by atoms with van der Waals surface area (Å²) >= 11 is 0. The van der Waals surface area contributed by atoms with E-state index in [1.807, 2.05) is 38.1 Å². The quantitative estimate of drug-likeness (QED) is 0.492. The van der Waals surface area contributed by atoms with Gasteiger partial charge in [0.15, 0.2) is 11.6 Å². The lowest BCUT2D eigenvalue weighted by molar-refractivity contribution is 0.301. The highest BCUT2D eigenvalue weighted by molar-refractivity contribution is 5.70. The minimum atomic E-state index is 0.147. The van der Waals surface area contributed by atoms with Gasteiger partial charge in [-0.1, -0.05) is 49.9 Å². The summed E-state index contributed by atoms with van der Waals surface area (Å²) in [7, 11) is 0. The van der Waals surface area contributed by atoms with Gasteiger partial charge in [-0.3, -0.25) is 0 Å². The van der Waals surface area contributed by atoms with Gasteiger partial charge in [-0.25, -0.2) is 15.0 Å². The van der Waals surface area contributed by atoms with Crippen LogP contribution in [0.4, 0.5) is 0 Å². The molecule has 0 aliphatic heterocycles. The molecule has 0 fully saturated rings. The monoisotopic (exact) mass is 391 g/mol. The Labute approximate surface area is 172 Å². The Balaban J connectivity index is 1.84. The van der Waals surface area contributed by atoms with Gasteiger partial charge in [0.25, 0.3) is 0 Å². The Bertz CT molecular complexity index is 986. The fraction of sp³-hybridized carbons (Fsp3) is 0.375. The summed E-state index contributed by atoms with van der Waals surface area (Å²) < 4.78 is 5.86. The van der Waals surface area contributed by atoms with E-state index in [4.69, 9.17) is 4.74 Å². The Morgan fingerprint density at radius 1 is 0.897 bits per heavy atom. The fourth-order valence-electron chi connectivity index (χ4n) is 3.35. The summed E-state index contributed by atoms with van der Waals surface area (Å²) in [5.41, 5.74) is 4.54. The molecule has 3 aromatic rings. The minimum absolute atomic E-state index is 0.147. The van der Waals surface area contributed by atoms with Crippen LogP contribution < -0.4 is 4.74 Å². The van der Waals surface area contributed by atoms with Crippen molar-refractivity contribution in [1.82, 2.24) is 15.0 Å². The van der Waals surface area contributed by atoms with Gasteiger partial charge in [0.1, 0.15) is 17.8 Å². The van der Waals surface area contributed by atoms with Crippen molar-refractivity contribution in [2.75, 3.05) is 6.61 Å². The molecule has 0 radical (unpaired) electrons. The molecule has 0 atom stereocenters. The lowest BCUT2D eigenvalue weighted by Gasteiger charge is -2.13. The van der Waals surface area contributed by atoms with Crippen molar-refractivity contribution >= 4 is 0 Å². The molecule has 1 N–H and O–H groups in total. The maximum Gasteiger partial charge on any atom is 0.167 e. The van der Waals surface area contributed by atoms with Crippen LogP contribution in [-0.4, -0.2) is 26.7 Å². The first-order valence-corrected chi connectivity index (χ1v) is 10.2. The summed E-state index contributed by atoms with van der Waals surface area (Å²) in [6.07, 6.45) is 6.08. The highest BCUT2D eigenvalue weighted by atomic mass is 16.5. The van der Waals surface area contributed by atoms with E-state index in [1.54, 1.807) is 0 Å². The lowest BCUT2D eigenvalue weighted by Crippen LogP contribution is -2.01. The van der Waals surface area contributed by atoms with Crippen LogP contribution in [0.3, 0.4) is 0 Å². The van der Waals surface area contributed by atoms with Crippen LogP contribution in [0.2, 0.25) is 0 Å². The van der Waals surface area contributed by atoms with Crippen molar-refractivity contribution in [3.8, 4) is 34.3 Å². The summed E-state index contributed by atoms with van der Waals surface area (Å²) in [5, 5.41) is 10.7. The number of aromatic nitrogens is 3. The van der Waals surface area contributed by atoms with Crippen LogP contribution in [-0.2, 0) is 0 Å². The zero-order valence-electron chi connectivity index (χ0n) is 17.7. The van der Waals surface area contributed by atoms with Crippen molar-refractivity contribution in [2.24, 2.45) is 0 Å². The molecule has 0 bridgehead atoms. The van der Waals surface area contributed by atoms with E-state index in [-0.39, 0.29) is 5.75 Å². The number of aryl methyl sites for hydroxylation is 2. The number of nitrogens with zero attached hydrogens (tertiary/aromatic N) is 3. The highest BCUT2D eigenvalue weighted by Gasteiger charge is 2.15. The first-order chi connectivity index (χ1) is 14.0. The van der Waals surface area contributed by atoms with Crippen LogP contribution in [0.15, 0.2) is 36.7 Å².